The van der Waals surface area contributed by atoms with E-state index < -0.39 is 0 Å². The van der Waals surface area contributed by atoms with Crippen LogP contribution >= 0.6 is 0 Å². The summed E-state index contributed by atoms with van der Waals surface area (Å²) in [6.07, 6.45) is 9.68. The Hall–Kier alpha value is -2.75. The Balaban J connectivity index is 0. The van der Waals surface area contributed by atoms with Gasteiger partial charge in [-0.25, -0.2) is 0 Å². The molecular formula is C35H57NO3. The number of nitrogens with one attached hydrogen (secondary N) is 1. The van der Waals surface area contributed by atoms with Crippen molar-refractivity contribution in [1.82, 2.24) is 0 Å². The van der Waals surface area contributed by atoms with E-state index in [0.29, 0.717) is 19.4 Å². The van der Waals surface area contributed by atoms with Crippen LogP contribution in [0.3, 0.4) is 0 Å². The Kier molecular flexibility index (Phi) is 25.1. The number of benzene rings is 2. The number of anilines is 1. The highest BCUT2D eigenvalue weighted by Crippen LogP contribution is 2.19. The average Bonchev–Trinajstić information content (AvgIpc) is 2.92. The number of carbonyl (C=O) groups is 3. The van der Waals surface area contributed by atoms with Crippen LogP contribution in [0.15, 0.2) is 48.5 Å². The van der Waals surface area contributed by atoms with Gasteiger partial charge in [-0.15, -0.1) is 0 Å². The monoisotopic (exact) mass is 539 g/mol. The van der Waals surface area contributed by atoms with Crippen molar-refractivity contribution in [3.05, 3.63) is 65.2 Å². The van der Waals surface area contributed by atoms with Gasteiger partial charge in [0, 0.05) is 31.0 Å². The van der Waals surface area contributed by atoms with E-state index in [2.05, 4.69) is 58.1 Å². The molecule has 1 N–H and O–H groups in total. The lowest BCUT2D eigenvalue weighted by molar-refractivity contribution is -0.118. The van der Waals surface area contributed by atoms with Crippen LogP contribution in [-0.2, 0) is 27.2 Å². The molecule has 0 spiro atoms. The van der Waals surface area contributed by atoms with Crippen LogP contribution in [0.5, 0.6) is 0 Å². The van der Waals surface area contributed by atoms with E-state index in [1.807, 2.05) is 37.3 Å². The molecule has 1 atom stereocenters. The second kappa shape index (κ2) is 25.5. The number of rotatable bonds is 13. The minimum Gasteiger partial charge on any atom is -0.384 e. The SMILES string of the molecule is CC(=O)C(C)c1ccccc1.CCC.CCCCCC.CCc1cc(CCC(C)=O)ccc1NCCC(C)=O. The molecule has 4 heteroatoms. The molecule has 0 heterocycles. The standard InChI is InChI=1S/C16H23NO2.C10H12O.C6H14.C3H8/c1-4-15-11-14(6-5-12(2)18)7-8-16(15)17-10-9-13(3)19;1-8(9(2)11)10-6-4-3-5-7-10;1-3-5-6-4-2;1-3-2/h7-8,11,17H,4-6,9-10H2,1-3H3;3-8H,1-2H3;3-6H2,1-2H3;3H2,1-2H3. The van der Waals surface area contributed by atoms with Crippen molar-refractivity contribution in [2.75, 3.05) is 11.9 Å². The molecule has 0 aliphatic rings. The number of ketones is 3. The van der Waals surface area contributed by atoms with E-state index in [1.165, 1.54) is 43.2 Å². The number of aryl methyl sites for hydroxylation is 2. The van der Waals surface area contributed by atoms with Crippen LogP contribution in [0.25, 0.3) is 0 Å². The molecule has 39 heavy (non-hydrogen) atoms. The molecule has 0 aliphatic carbocycles. The van der Waals surface area contributed by atoms with Crippen molar-refractivity contribution >= 4 is 23.0 Å². The molecule has 0 radical (unpaired) electrons. The molecule has 2 rings (SSSR count). The zero-order valence-electron chi connectivity index (χ0n) is 26.5. The highest BCUT2D eigenvalue weighted by Gasteiger charge is 2.08. The van der Waals surface area contributed by atoms with Crippen molar-refractivity contribution in [2.45, 2.75) is 126 Å². The van der Waals surface area contributed by atoms with Crippen molar-refractivity contribution < 1.29 is 14.4 Å². The van der Waals surface area contributed by atoms with Gasteiger partial charge in [-0.1, -0.05) is 116 Å². The van der Waals surface area contributed by atoms with E-state index in [0.717, 1.165) is 24.1 Å². The number of carbonyl (C=O) groups excluding carboxylic acids is 3. The maximum atomic E-state index is 11.0. The molecule has 2 aromatic rings. The molecule has 220 valence electrons. The van der Waals surface area contributed by atoms with E-state index in [1.54, 1.807) is 20.8 Å². The minimum absolute atomic E-state index is 0.0381. The Morgan fingerprint density at radius 1 is 0.769 bits per heavy atom. The summed E-state index contributed by atoms with van der Waals surface area (Å²) < 4.78 is 0. The highest BCUT2D eigenvalue weighted by molar-refractivity contribution is 5.82. The number of Topliss-reactive ketones (excluding diaryl/α,β-unsaturated/α-hetero) is 3. The van der Waals surface area contributed by atoms with Crippen molar-refractivity contribution in [2.24, 2.45) is 0 Å². The first-order valence-corrected chi connectivity index (χ1v) is 15.0. The lowest BCUT2D eigenvalue weighted by Gasteiger charge is -2.12. The normalized spacial score (nSPS) is 10.4. The smallest absolute Gasteiger partial charge is 0.136 e. The summed E-state index contributed by atoms with van der Waals surface area (Å²) in [6, 6.07) is 16.1. The summed E-state index contributed by atoms with van der Waals surface area (Å²) >= 11 is 0. The fourth-order valence-electron chi connectivity index (χ4n) is 3.44. The second-order valence-electron chi connectivity index (χ2n) is 10.1. The third-order valence-corrected chi connectivity index (χ3v) is 5.98. The minimum atomic E-state index is 0.0381. The molecule has 0 amide bonds. The third-order valence-electron chi connectivity index (χ3n) is 5.98. The Morgan fingerprint density at radius 3 is 1.74 bits per heavy atom. The van der Waals surface area contributed by atoms with Crippen molar-refractivity contribution in [3.8, 4) is 0 Å². The molecule has 0 saturated carbocycles. The van der Waals surface area contributed by atoms with Crippen LogP contribution in [0, 0.1) is 0 Å². The topological polar surface area (TPSA) is 63.2 Å². The predicted octanol–water partition coefficient (Wildman–Crippen LogP) is 9.54. The zero-order valence-corrected chi connectivity index (χ0v) is 26.5. The maximum Gasteiger partial charge on any atom is 0.136 e. The number of unbranched alkanes of at least 4 members (excludes halogenated alkanes) is 3. The van der Waals surface area contributed by atoms with Gasteiger partial charge in [0.25, 0.3) is 0 Å². The van der Waals surface area contributed by atoms with Crippen LogP contribution in [-0.4, -0.2) is 23.9 Å². The molecule has 1 unspecified atom stereocenters. The van der Waals surface area contributed by atoms with Gasteiger partial charge in [0.05, 0.1) is 0 Å². The average molecular weight is 540 g/mol. The molecule has 0 fully saturated rings. The molecule has 4 nitrogen and oxygen atoms in total. The van der Waals surface area contributed by atoms with Gasteiger partial charge in [-0.2, -0.15) is 0 Å². The Morgan fingerprint density at radius 2 is 1.31 bits per heavy atom. The van der Waals surface area contributed by atoms with Crippen LogP contribution in [0.1, 0.15) is 130 Å². The number of hydrogen-bond donors (Lipinski definition) is 1. The highest BCUT2D eigenvalue weighted by atomic mass is 16.1. The first-order chi connectivity index (χ1) is 18.6. The fourth-order valence-corrected chi connectivity index (χ4v) is 3.44. The van der Waals surface area contributed by atoms with Gasteiger partial charge in [-0.05, 0) is 56.4 Å². The molecule has 2 aromatic carbocycles. The van der Waals surface area contributed by atoms with Gasteiger partial charge in [-0.3, -0.25) is 9.59 Å². The molecule has 0 bridgehead atoms. The zero-order chi connectivity index (χ0) is 30.1. The van der Waals surface area contributed by atoms with Crippen molar-refractivity contribution in [1.29, 1.82) is 0 Å². The summed E-state index contributed by atoms with van der Waals surface area (Å²) in [4.78, 5) is 32.9. The Labute approximate surface area is 240 Å². The number of hydrogen-bond acceptors (Lipinski definition) is 4. The molecule has 0 aliphatic heterocycles. The van der Waals surface area contributed by atoms with E-state index in [9.17, 15) is 14.4 Å². The maximum absolute atomic E-state index is 11.0. The Bertz CT molecular complexity index is 901. The summed E-state index contributed by atoms with van der Waals surface area (Å²) in [6.45, 7) is 18.3. The van der Waals surface area contributed by atoms with Gasteiger partial charge in [0.15, 0.2) is 0 Å². The summed E-state index contributed by atoms with van der Waals surface area (Å²) in [7, 11) is 0. The van der Waals surface area contributed by atoms with E-state index in [4.69, 9.17) is 0 Å². The van der Waals surface area contributed by atoms with Crippen molar-refractivity contribution in [3.63, 3.8) is 0 Å². The van der Waals surface area contributed by atoms with Gasteiger partial charge < -0.3 is 10.1 Å². The van der Waals surface area contributed by atoms with Crippen LogP contribution in [0.4, 0.5) is 5.69 Å². The van der Waals surface area contributed by atoms with E-state index in [-0.39, 0.29) is 23.3 Å². The first-order valence-electron chi connectivity index (χ1n) is 15.0. The quantitative estimate of drug-likeness (QED) is 0.257. The van der Waals surface area contributed by atoms with Crippen LogP contribution < -0.4 is 5.32 Å². The molecule has 0 aromatic heterocycles. The summed E-state index contributed by atoms with van der Waals surface area (Å²) in [5.74, 6) is 0.678. The second-order valence-corrected chi connectivity index (χ2v) is 10.1. The van der Waals surface area contributed by atoms with Crippen LogP contribution in [0.2, 0.25) is 0 Å². The first kappa shape index (κ1) is 38.4. The lowest BCUT2D eigenvalue weighted by atomic mass is 9.98. The van der Waals surface area contributed by atoms with Gasteiger partial charge in [0.1, 0.15) is 17.3 Å². The van der Waals surface area contributed by atoms with Gasteiger partial charge >= 0.3 is 0 Å². The third kappa shape index (κ3) is 21.8. The summed E-state index contributed by atoms with van der Waals surface area (Å²) in [5, 5.41) is 3.30. The molecule has 0 saturated heterocycles. The van der Waals surface area contributed by atoms with Gasteiger partial charge in [0.2, 0.25) is 0 Å². The fraction of sp³-hybridized carbons (Fsp3) is 0.571. The predicted molar refractivity (Wildman–Crippen MR) is 170 cm³/mol. The largest absolute Gasteiger partial charge is 0.384 e. The lowest BCUT2D eigenvalue weighted by Crippen LogP contribution is -2.08. The van der Waals surface area contributed by atoms with E-state index >= 15 is 0 Å². The molecular weight excluding hydrogens is 482 g/mol. The summed E-state index contributed by atoms with van der Waals surface area (Å²) in [5.41, 5.74) is 4.63.